The van der Waals surface area contributed by atoms with Gasteiger partial charge in [-0.15, -0.1) is 0 Å². The lowest BCUT2D eigenvalue weighted by atomic mass is 9.64. The summed E-state index contributed by atoms with van der Waals surface area (Å²) in [5.41, 5.74) is -2.35. The van der Waals surface area contributed by atoms with Crippen molar-refractivity contribution in [2.24, 2.45) is 11.8 Å². The van der Waals surface area contributed by atoms with Crippen molar-refractivity contribution >= 4 is 28.1 Å². The Bertz CT molecular complexity index is 774. The molecule has 0 aromatic carbocycles. The monoisotopic (exact) mass is 532 g/mol. The van der Waals surface area contributed by atoms with E-state index in [0.717, 1.165) is 18.2 Å². The SMILES string of the molecule is CO[C@H]1[C@H](C)C[C@H](C(=O)OCC[Si](C)(C)C)[C@@](O)(C2=CC(O)OC2=O)[C@H]1OCOCC[Si](C)(C)C. The van der Waals surface area contributed by atoms with E-state index in [1.54, 1.807) is 0 Å². The van der Waals surface area contributed by atoms with Crippen LogP contribution in [-0.2, 0) is 33.3 Å². The maximum absolute atomic E-state index is 13.3. The van der Waals surface area contributed by atoms with Crippen molar-refractivity contribution in [3.63, 3.8) is 0 Å². The Morgan fingerprint density at radius 2 is 1.74 bits per heavy atom. The van der Waals surface area contributed by atoms with Gasteiger partial charge in [-0.2, -0.15) is 0 Å². The average molecular weight is 533 g/mol. The molecule has 1 saturated carbocycles. The van der Waals surface area contributed by atoms with Gasteiger partial charge in [0, 0.05) is 29.9 Å². The summed E-state index contributed by atoms with van der Waals surface area (Å²) in [6, 6.07) is 1.71. The van der Waals surface area contributed by atoms with E-state index in [2.05, 4.69) is 39.3 Å². The molecule has 35 heavy (non-hydrogen) atoms. The summed E-state index contributed by atoms with van der Waals surface area (Å²) in [5, 5.41) is 22.0. The van der Waals surface area contributed by atoms with Crippen LogP contribution in [0.5, 0.6) is 0 Å². The highest BCUT2D eigenvalue weighted by Gasteiger charge is 2.62. The minimum atomic E-state index is -2.12. The smallest absolute Gasteiger partial charge is 0.339 e. The molecule has 0 bridgehead atoms. The van der Waals surface area contributed by atoms with Crippen LogP contribution in [0.1, 0.15) is 13.3 Å². The van der Waals surface area contributed by atoms with E-state index in [-0.39, 0.29) is 31.3 Å². The van der Waals surface area contributed by atoms with Gasteiger partial charge in [0.1, 0.15) is 18.5 Å². The summed E-state index contributed by atoms with van der Waals surface area (Å²) in [6.07, 6.45) is -1.95. The van der Waals surface area contributed by atoms with Crippen molar-refractivity contribution < 1.29 is 43.5 Å². The van der Waals surface area contributed by atoms with Crippen molar-refractivity contribution in [3.05, 3.63) is 11.6 Å². The van der Waals surface area contributed by atoms with Gasteiger partial charge in [0.25, 0.3) is 0 Å². The van der Waals surface area contributed by atoms with E-state index in [0.29, 0.717) is 6.61 Å². The zero-order chi connectivity index (χ0) is 26.6. The fraction of sp³-hybridized carbons (Fsp3) is 0.833. The molecule has 0 saturated heterocycles. The molecule has 0 radical (unpaired) electrons. The van der Waals surface area contributed by atoms with E-state index in [1.165, 1.54) is 7.11 Å². The first-order chi connectivity index (χ1) is 16.1. The molecule has 0 spiro atoms. The van der Waals surface area contributed by atoms with Crippen molar-refractivity contribution in [2.45, 2.75) is 88.8 Å². The van der Waals surface area contributed by atoms with Crippen LogP contribution in [0.15, 0.2) is 11.6 Å². The third-order valence-corrected chi connectivity index (χ3v) is 10.0. The zero-order valence-electron chi connectivity index (χ0n) is 22.5. The summed E-state index contributed by atoms with van der Waals surface area (Å²) in [7, 11) is -1.27. The van der Waals surface area contributed by atoms with Gasteiger partial charge in [0.05, 0.1) is 24.2 Å². The lowest BCUT2D eigenvalue weighted by Gasteiger charge is -2.49. The summed E-state index contributed by atoms with van der Waals surface area (Å²) < 4.78 is 27.8. The van der Waals surface area contributed by atoms with E-state index >= 15 is 0 Å². The molecule has 1 unspecified atom stereocenters. The number of aliphatic hydroxyl groups is 2. The predicted molar refractivity (Wildman–Crippen MR) is 136 cm³/mol. The quantitative estimate of drug-likeness (QED) is 0.169. The molecule has 0 amide bonds. The number of hydrogen-bond donors (Lipinski definition) is 2. The number of methoxy groups -OCH3 is 1. The highest BCUT2D eigenvalue weighted by molar-refractivity contribution is 6.76. The first-order valence-electron chi connectivity index (χ1n) is 12.3. The number of aliphatic hydroxyl groups excluding tert-OH is 1. The summed E-state index contributed by atoms with van der Waals surface area (Å²) in [5.74, 6) is -2.82. The van der Waals surface area contributed by atoms with Gasteiger partial charge in [-0.3, -0.25) is 4.79 Å². The van der Waals surface area contributed by atoms with E-state index in [4.69, 9.17) is 23.7 Å². The number of cyclic esters (lactones) is 1. The van der Waals surface area contributed by atoms with Gasteiger partial charge < -0.3 is 33.9 Å². The van der Waals surface area contributed by atoms with Crippen molar-refractivity contribution in [2.75, 3.05) is 27.1 Å². The molecule has 0 aromatic rings. The lowest BCUT2D eigenvalue weighted by molar-refractivity contribution is -0.236. The molecule has 202 valence electrons. The number of carbonyl (C=O) groups is 2. The third kappa shape index (κ3) is 7.95. The summed E-state index contributed by atoms with van der Waals surface area (Å²) in [4.78, 5) is 25.9. The Kier molecular flexibility index (Phi) is 10.3. The molecule has 2 aliphatic rings. The molecule has 2 N–H and O–H groups in total. The molecule has 1 aliphatic carbocycles. The number of ether oxygens (including phenoxy) is 5. The first kappa shape index (κ1) is 30.1. The zero-order valence-corrected chi connectivity index (χ0v) is 24.5. The van der Waals surface area contributed by atoms with Crippen LogP contribution in [0, 0.1) is 11.8 Å². The topological polar surface area (TPSA) is 121 Å². The normalized spacial score (nSPS) is 31.8. The van der Waals surface area contributed by atoms with Gasteiger partial charge in [-0.25, -0.2) is 4.79 Å². The number of rotatable bonds is 12. The Morgan fingerprint density at radius 1 is 1.14 bits per heavy atom. The van der Waals surface area contributed by atoms with Gasteiger partial charge in [0.2, 0.25) is 6.29 Å². The van der Waals surface area contributed by atoms with Crippen molar-refractivity contribution in [3.8, 4) is 0 Å². The highest BCUT2D eigenvalue weighted by Crippen LogP contribution is 2.46. The van der Waals surface area contributed by atoms with Gasteiger partial charge in [-0.1, -0.05) is 46.2 Å². The fourth-order valence-electron chi connectivity index (χ4n) is 4.46. The van der Waals surface area contributed by atoms with E-state index in [9.17, 15) is 19.8 Å². The number of hydrogen-bond acceptors (Lipinski definition) is 9. The van der Waals surface area contributed by atoms with Crippen LogP contribution in [0.3, 0.4) is 0 Å². The third-order valence-electron chi connectivity index (χ3n) is 6.60. The highest BCUT2D eigenvalue weighted by atomic mass is 28.3. The minimum absolute atomic E-state index is 0.147. The second kappa shape index (κ2) is 12.0. The molecule has 0 aromatic heterocycles. The summed E-state index contributed by atoms with van der Waals surface area (Å²) >= 11 is 0. The van der Waals surface area contributed by atoms with Gasteiger partial charge in [-0.05, 0) is 30.5 Å². The van der Waals surface area contributed by atoms with E-state index < -0.39 is 58.1 Å². The van der Waals surface area contributed by atoms with Crippen molar-refractivity contribution in [1.82, 2.24) is 0 Å². The maximum Gasteiger partial charge on any atom is 0.339 e. The van der Waals surface area contributed by atoms with Crippen LogP contribution in [-0.4, -0.2) is 89.5 Å². The molecule has 11 heteroatoms. The first-order valence-corrected chi connectivity index (χ1v) is 19.7. The minimum Gasteiger partial charge on any atom is -0.466 e. The Morgan fingerprint density at radius 3 is 2.26 bits per heavy atom. The molecule has 9 nitrogen and oxygen atoms in total. The van der Waals surface area contributed by atoms with Gasteiger partial charge >= 0.3 is 11.9 Å². The fourth-order valence-corrected chi connectivity index (χ4v) is 5.93. The molecular weight excluding hydrogens is 488 g/mol. The molecule has 1 heterocycles. The molecule has 1 aliphatic heterocycles. The van der Waals surface area contributed by atoms with Crippen LogP contribution in [0.2, 0.25) is 51.4 Å². The second-order valence-corrected chi connectivity index (χ2v) is 23.3. The Labute approximate surface area is 211 Å². The largest absolute Gasteiger partial charge is 0.466 e. The van der Waals surface area contributed by atoms with Crippen LogP contribution in [0.4, 0.5) is 0 Å². The Hall–Kier alpha value is -1.09. The van der Waals surface area contributed by atoms with Gasteiger partial charge in [0.15, 0.2) is 0 Å². The Balaban J connectivity index is 2.33. The van der Waals surface area contributed by atoms with Crippen LogP contribution >= 0.6 is 0 Å². The molecule has 6 atom stereocenters. The van der Waals surface area contributed by atoms with Crippen molar-refractivity contribution in [1.29, 1.82) is 0 Å². The maximum atomic E-state index is 13.3. The predicted octanol–water partition coefficient (Wildman–Crippen LogP) is 2.77. The number of carbonyl (C=O) groups excluding carboxylic acids is 2. The summed E-state index contributed by atoms with van der Waals surface area (Å²) in [6.45, 7) is 15.7. The lowest BCUT2D eigenvalue weighted by Crippen LogP contribution is -2.65. The van der Waals surface area contributed by atoms with Crippen LogP contribution in [0.25, 0.3) is 0 Å². The molecule has 2 rings (SSSR count). The number of esters is 2. The molecular formula is C24H44O9Si2. The molecule has 1 fully saturated rings. The average Bonchev–Trinajstić information content (AvgIpc) is 3.06. The van der Waals surface area contributed by atoms with Crippen LogP contribution < -0.4 is 0 Å². The second-order valence-electron chi connectivity index (χ2n) is 12.1. The standard InChI is InChI=1S/C24H44O9Si2/c1-16-13-17(22(26)31-10-12-35(6,7)8)24(28,18-14-19(25)33-23(18)27)21(20(16)29-2)32-15-30-9-11-34(3,4)5/h14,16-17,19-21,25,28H,9-13,15H2,1-8H3/t16-,17-,19?,20+,21+,24-/m1/s1. The van der Waals surface area contributed by atoms with E-state index in [1.807, 2.05) is 6.92 Å².